The first-order valence-electron chi connectivity index (χ1n) is 7.09. The predicted octanol–water partition coefficient (Wildman–Crippen LogP) is 1.57. The zero-order valence-electron chi connectivity index (χ0n) is 11.8. The average molecular weight is 300 g/mol. The average Bonchev–Trinajstić information content (AvgIpc) is 2.78. The van der Waals surface area contributed by atoms with Gasteiger partial charge in [0.2, 0.25) is 0 Å². The van der Waals surface area contributed by atoms with E-state index in [0.29, 0.717) is 30.0 Å². The van der Waals surface area contributed by atoms with Crippen LogP contribution in [-0.2, 0) is 11.8 Å². The maximum Gasteiger partial charge on any atom is 0.267 e. The van der Waals surface area contributed by atoms with E-state index in [0.717, 1.165) is 32.4 Å². The first-order valence-corrected chi connectivity index (χ1v) is 7.47. The zero-order valence-corrected chi connectivity index (χ0v) is 12.6. The molecule has 0 unspecified atom stereocenters. The Morgan fingerprint density at radius 1 is 1.55 bits per heavy atom. The van der Waals surface area contributed by atoms with Gasteiger partial charge in [0.25, 0.3) is 5.91 Å². The maximum atomic E-state index is 11.9. The maximum absolute atomic E-state index is 11.9. The van der Waals surface area contributed by atoms with Crippen molar-refractivity contribution in [1.29, 1.82) is 0 Å². The molecule has 0 atom stereocenters. The van der Waals surface area contributed by atoms with Crippen LogP contribution >= 0.6 is 11.6 Å². The molecule has 1 fully saturated rings. The molecule has 1 saturated heterocycles. The predicted molar refractivity (Wildman–Crippen MR) is 79.2 cm³/mol. The molecule has 0 spiro atoms. The number of nitrogens with one attached hydrogen (secondary N) is 2. The fourth-order valence-electron chi connectivity index (χ4n) is 2.33. The Hall–Kier alpha value is -1.04. The summed E-state index contributed by atoms with van der Waals surface area (Å²) in [6.45, 7) is 3.39. The van der Waals surface area contributed by atoms with Gasteiger partial charge in [0.15, 0.2) is 0 Å². The van der Waals surface area contributed by atoms with Crippen molar-refractivity contribution >= 4 is 17.5 Å². The lowest BCUT2D eigenvalue weighted by Crippen LogP contribution is -2.33. The second kappa shape index (κ2) is 7.67. The second-order valence-corrected chi connectivity index (χ2v) is 5.52. The van der Waals surface area contributed by atoms with Crippen LogP contribution < -0.4 is 10.6 Å². The number of aromatic nitrogens is 1. The van der Waals surface area contributed by atoms with E-state index in [1.54, 1.807) is 23.9 Å². The number of hydrogen-bond acceptors (Lipinski definition) is 3. The summed E-state index contributed by atoms with van der Waals surface area (Å²) in [5.41, 5.74) is 0.578. The smallest absolute Gasteiger partial charge is 0.267 e. The quantitative estimate of drug-likeness (QED) is 0.784. The molecule has 1 aromatic rings. The molecule has 20 heavy (non-hydrogen) atoms. The van der Waals surface area contributed by atoms with Crippen LogP contribution in [0.15, 0.2) is 12.3 Å². The van der Waals surface area contributed by atoms with Gasteiger partial charge >= 0.3 is 0 Å². The Morgan fingerprint density at radius 3 is 2.95 bits per heavy atom. The highest BCUT2D eigenvalue weighted by Crippen LogP contribution is 2.12. The SMILES string of the molecule is Cn1cc(Cl)cc1C(=O)NCCCOC1CCNCC1. The summed E-state index contributed by atoms with van der Waals surface area (Å²) in [7, 11) is 1.81. The number of hydrogen-bond donors (Lipinski definition) is 2. The molecule has 1 aliphatic heterocycles. The van der Waals surface area contributed by atoms with Crippen LogP contribution in [0.4, 0.5) is 0 Å². The molecule has 2 N–H and O–H groups in total. The summed E-state index contributed by atoms with van der Waals surface area (Å²) in [6, 6.07) is 1.67. The summed E-state index contributed by atoms with van der Waals surface area (Å²) < 4.78 is 7.51. The number of amides is 1. The monoisotopic (exact) mass is 299 g/mol. The molecular formula is C14H22ClN3O2. The van der Waals surface area contributed by atoms with E-state index in [1.165, 1.54) is 0 Å². The van der Waals surface area contributed by atoms with Crippen molar-refractivity contribution in [3.63, 3.8) is 0 Å². The molecule has 112 valence electrons. The Balaban J connectivity index is 1.61. The molecule has 0 aliphatic carbocycles. The van der Waals surface area contributed by atoms with Gasteiger partial charge in [-0.15, -0.1) is 0 Å². The third kappa shape index (κ3) is 4.51. The highest BCUT2D eigenvalue weighted by Gasteiger charge is 2.13. The Kier molecular flexibility index (Phi) is 5.88. The number of aryl methyl sites for hydroxylation is 1. The fourth-order valence-corrected chi connectivity index (χ4v) is 2.58. The number of carbonyl (C=O) groups is 1. The van der Waals surface area contributed by atoms with Gasteiger partial charge in [-0.1, -0.05) is 11.6 Å². The van der Waals surface area contributed by atoms with E-state index in [1.807, 2.05) is 0 Å². The molecule has 0 bridgehead atoms. The van der Waals surface area contributed by atoms with Crippen molar-refractivity contribution < 1.29 is 9.53 Å². The zero-order chi connectivity index (χ0) is 14.4. The third-order valence-electron chi connectivity index (χ3n) is 3.45. The molecule has 6 heteroatoms. The summed E-state index contributed by atoms with van der Waals surface area (Å²) in [6.07, 6.45) is 5.08. The van der Waals surface area contributed by atoms with Crippen molar-refractivity contribution in [2.24, 2.45) is 7.05 Å². The lowest BCUT2D eigenvalue weighted by molar-refractivity contribution is 0.0317. The van der Waals surface area contributed by atoms with Crippen molar-refractivity contribution in [1.82, 2.24) is 15.2 Å². The van der Waals surface area contributed by atoms with Gasteiger partial charge in [0, 0.05) is 26.4 Å². The Labute approximate surface area is 124 Å². The highest BCUT2D eigenvalue weighted by molar-refractivity contribution is 6.31. The Morgan fingerprint density at radius 2 is 2.30 bits per heavy atom. The van der Waals surface area contributed by atoms with Crippen molar-refractivity contribution in [2.75, 3.05) is 26.2 Å². The first kappa shape index (κ1) is 15.4. The molecule has 0 aromatic carbocycles. The van der Waals surface area contributed by atoms with Crippen molar-refractivity contribution in [3.8, 4) is 0 Å². The van der Waals surface area contributed by atoms with Gasteiger partial charge < -0.3 is 19.9 Å². The number of rotatable bonds is 6. The van der Waals surface area contributed by atoms with E-state index < -0.39 is 0 Å². The molecule has 0 saturated carbocycles. The normalized spacial score (nSPS) is 16.3. The minimum absolute atomic E-state index is 0.0960. The molecule has 1 aromatic heterocycles. The molecule has 0 radical (unpaired) electrons. The molecule has 5 nitrogen and oxygen atoms in total. The van der Waals surface area contributed by atoms with Crippen LogP contribution in [0.1, 0.15) is 29.8 Å². The largest absolute Gasteiger partial charge is 0.378 e. The van der Waals surface area contributed by atoms with Gasteiger partial charge in [-0.2, -0.15) is 0 Å². The second-order valence-electron chi connectivity index (χ2n) is 5.08. The minimum atomic E-state index is -0.0960. The molecule has 2 heterocycles. The summed E-state index contributed by atoms with van der Waals surface area (Å²) in [5, 5.41) is 6.76. The number of piperidine rings is 1. The van der Waals surface area contributed by atoms with Crippen LogP contribution in [0.3, 0.4) is 0 Å². The van der Waals surface area contributed by atoms with Crippen LogP contribution in [0, 0.1) is 0 Å². The van der Waals surface area contributed by atoms with E-state index in [-0.39, 0.29) is 5.91 Å². The standard InChI is InChI=1S/C14H22ClN3O2/c1-18-10-11(15)9-13(18)14(19)17-5-2-8-20-12-3-6-16-7-4-12/h9-10,12,16H,2-8H2,1H3,(H,17,19). The van der Waals surface area contributed by atoms with Gasteiger partial charge in [-0.25, -0.2) is 0 Å². The van der Waals surface area contributed by atoms with Gasteiger partial charge in [-0.3, -0.25) is 4.79 Å². The summed E-state index contributed by atoms with van der Waals surface area (Å²) in [5.74, 6) is -0.0960. The van der Waals surface area contributed by atoms with Crippen molar-refractivity contribution in [2.45, 2.75) is 25.4 Å². The fraction of sp³-hybridized carbons (Fsp3) is 0.643. The van der Waals surface area contributed by atoms with E-state index >= 15 is 0 Å². The molecular weight excluding hydrogens is 278 g/mol. The lowest BCUT2D eigenvalue weighted by atomic mass is 10.1. The van der Waals surface area contributed by atoms with Gasteiger partial charge in [0.1, 0.15) is 5.69 Å². The number of carbonyl (C=O) groups excluding carboxylic acids is 1. The van der Waals surface area contributed by atoms with Crippen molar-refractivity contribution in [3.05, 3.63) is 23.0 Å². The highest BCUT2D eigenvalue weighted by atomic mass is 35.5. The molecule has 2 rings (SSSR count). The minimum Gasteiger partial charge on any atom is -0.378 e. The van der Waals surface area contributed by atoms with Gasteiger partial charge in [-0.05, 0) is 38.4 Å². The third-order valence-corrected chi connectivity index (χ3v) is 3.66. The molecule has 1 aliphatic rings. The van der Waals surface area contributed by atoms with Crippen LogP contribution in [-0.4, -0.2) is 42.8 Å². The summed E-state index contributed by atoms with van der Waals surface area (Å²) >= 11 is 5.85. The number of halogens is 1. The molecule has 1 amide bonds. The van der Waals surface area contributed by atoms with E-state index in [2.05, 4.69) is 10.6 Å². The number of nitrogens with zero attached hydrogens (tertiary/aromatic N) is 1. The lowest BCUT2D eigenvalue weighted by Gasteiger charge is -2.22. The van der Waals surface area contributed by atoms with Crippen LogP contribution in [0.5, 0.6) is 0 Å². The first-order chi connectivity index (χ1) is 9.66. The van der Waals surface area contributed by atoms with Crippen LogP contribution in [0.2, 0.25) is 5.02 Å². The van der Waals surface area contributed by atoms with E-state index in [9.17, 15) is 4.79 Å². The Bertz CT molecular complexity index is 442. The topological polar surface area (TPSA) is 55.3 Å². The summed E-state index contributed by atoms with van der Waals surface area (Å²) in [4.78, 5) is 11.9. The van der Waals surface area contributed by atoms with E-state index in [4.69, 9.17) is 16.3 Å². The number of ether oxygens (including phenoxy) is 1. The van der Waals surface area contributed by atoms with Gasteiger partial charge in [0.05, 0.1) is 11.1 Å². The van der Waals surface area contributed by atoms with Crippen LogP contribution in [0.25, 0.3) is 0 Å².